The van der Waals surface area contributed by atoms with E-state index in [2.05, 4.69) is 15.6 Å². The monoisotopic (exact) mass is 363 g/mol. The van der Waals surface area contributed by atoms with Gasteiger partial charge in [0.2, 0.25) is 0 Å². The van der Waals surface area contributed by atoms with Crippen LogP contribution in [0.25, 0.3) is 0 Å². The standard InChI is InChI=1S/C21H37N3O2/c1-22-19(23-15-20(12-14-25-2)8-3-4-9-20)24-17-16-7-13-26-18(16)21(17)10-5-6-11-21/h16-18H,3-15H2,1-2H3,(H2,22,23,24). The summed E-state index contributed by atoms with van der Waals surface area (Å²) in [6.07, 6.45) is 13.5. The van der Waals surface area contributed by atoms with E-state index in [1.54, 1.807) is 0 Å². The highest BCUT2D eigenvalue weighted by atomic mass is 16.5. The maximum Gasteiger partial charge on any atom is 0.191 e. The fourth-order valence-electron chi connectivity index (χ4n) is 6.48. The summed E-state index contributed by atoms with van der Waals surface area (Å²) >= 11 is 0. The molecular weight excluding hydrogens is 326 g/mol. The first-order chi connectivity index (χ1) is 12.7. The molecule has 0 radical (unpaired) electrons. The quantitative estimate of drug-likeness (QED) is 0.562. The van der Waals surface area contributed by atoms with Crippen LogP contribution in [0, 0.1) is 16.7 Å². The van der Waals surface area contributed by atoms with Gasteiger partial charge in [0, 0.05) is 51.3 Å². The molecule has 1 heterocycles. The van der Waals surface area contributed by atoms with E-state index in [-0.39, 0.29) is 0 Å². The van der Waals surface area contributed by atoms with Gasteiger partial charge in [-0.1, -0.05) is 25.7 Å². The van der Waals surface area contributed by atoms with Gasteiger partial charge in [0.25, 0.3) is 0 Å². The summed E-state index contributed by atoms with van der Waals surface area (Å²) in [7, 11) is 3.72. The summed E-state index contributed by atoms with van der Waals surface area (Å²) in [6.45, 7) is 2.82. The summed E-state index contributed by atoms with van der Waals surface area (Å²) in [5.41, 5.74) is 0.761. The van der Waals surface area contributed by atoms with Gasteiger partial charge < -0.3 is 20.1 Å². The van der Waals surface area contributed by atoms with Crippen LogP contribution in [0.5, 0.6) is 0 Å². The number of nitrogens with one attached hydrogen (secondary N) is 2. The number of methoxy groups -OCH3 is 1. The molecule has 26 heavy (non-hydrogen) atoms. The van der Waals surface area contributed by atoms with E-state index in [4.69, 9.17) is 9.47 Å². The third kappa shape index (κ3) is 3.15. The predicted octanol–water partition coefficient (Wildman–Crippen LogP) is 3.10. The smallest absolute Gasteiger partial charge is 0.191 e. The van der Waals surface area contributed by atoms with Crippen LogP contribution in [0.1, 0.15) is 64.2 Å². The molecule has 5 nitrogen and oxygen atoms in total. The first-order valence-electron chi connectivity index (χ1n) is 10.8. The van der Waals surface area contributed by atoms with Crippen LogP contribution in [0.4, 0.5) is 0 Å². The van der Waals surface area contributed by atoms with Crippen LogP contribution in [0.2, 0.25) is 0 Å². The van der Waals surface area contributed by atoms with Crippen molar-refractivity contribution < 1.29 is 9.47 Å². The lowest BCUT2D eigenvalue weighted by molar-refractivity contribution is -0.125. The lowest BCUT2D eigenvalue weighted by Gasteiger charge is -2.57. The number of ether oxygens (including phenoxy) is 2. The van der Waals surface area contributed by atoms with E-state index >= 15 is 0 Å². The molecule has 4 aliphatic rings. The summed E-state index contributed by atoms with van der Waals surface area (Å²) in [6, 6.07) is 0.544. The van der Waals surface area contributed by atoms with Crippen molar-refractivity contribution in [3.8, 4) is 0 Å². The minimum absolute atomic E-state index is 0.375. The summed E-state index contributed by atoms with van der Waals surface area (Å²) in [5, 5.41) is 7.52. The van der Waals surface area contributed by atoms with E-state index < -0.39 is 0 Å². The van der Waals surface area contributed by atoms with Gasteiger partial charge >= 0.3 is 0 Å². The van der Waals surface area contributed by atoms with E-state index in [1.165, 1.54) is 57.8 Å². The molecule has 1 spiro atoms. The van der Waals surface area contributed by atoms with Crippen molar-refractivity contribution in [2.75, 3.05) is 33.9 Å². The molecule has 3 atom stereocenters. The first kappa shape index (κ1) is 18.5. The maximum absolute atomic E-state index is 6.12. The fraction of sp³-hybridized carbons (Fsp3) is 0.952. The van der Waals surface area contributed by atoms with Crippen LogP contribution in [0.3, 0.4) is 0 Å². The van der Waals surface area contributed by atoms with Crippen LogP contribution in [-0.4, -0.2) is 52.0 Å². The highest BCUT2D eigenvalue weighted by molar-refractivity contribution is 5.80. The second kappa shape index (κ2) is 7.67. The van der Waals surface area contributed by atoms with Crippen molar-refractivity contribution >= 4 is 5.96 Å². The van der Waals surface area contributed by atoms with Gasteiger partial charge in [-0.25, -0.2) is 0 Å². The topological polar surface area (TPSA) is 54.9 Å². The van der Waals surface area contributed by atoms with Crippen molar-refractivity contribution in [2.45, 2.75) is 76.4 Å². The third-order valence-electron chi connectivity index (χ3n) is 7.93. The zero-order chi connectivity index (χ0) is 18.0. The number of fused-ring (bicyclic) bond motifs is 2. The van der Waals surface area contributed by atoms with E-state index in [1.807, 2.05) is 14.2 Å². The summed E-state index contributed by atoms with van der Waals surface area (Å²) < 4.78 is 11.5. The summed E-state index contributed by atoms with van der Waals surface area (Å²) in [4.78, 5) is 4.57. The average molecular weight is 364 g/mol. The SMILES string of the molecule is CN=C(NCC1(CCOC)CCCC1)NC1C2CCOC2C12CCCC2. The molecule has 148 valence electrons. The molecule has 0 aromatic rings. The van der Waals surface area contributed by atoms with E-state index in [9.17, 15) is 0 Å². The molecule has 3 unspecified atom stereocenters. The number of aliphatic imine (C=N–C) groups is 1. The predicted molar refractivity (Wildman–Crippen MR) is 104 cm³/mol. The number of guanidine groups is 1. The maximum atomic E-state index is 6.12. The zero-order valence-electron chi connectivity index (χ0n) is 16.7. The van der Waals surface area contributed by atoms with Crippen molar-refractivity contribution in [2.24, 2.45) is 21.7 Å². The number of hydrogen-bond acceptors (Lipinski definition) is 3. The molecule has 3 saturated carbocycles. The van der Waals surface area contributed by atoms with Crippen LogP contribution >= 0.6 is 0 Å². The lowest BCUT2D eigenvalue weighted by Crippen LogP contribution is -2.69. The Morgan fingerprint density at radius 1 is 1.15 bits per heavy atom. The normalized spacial score (nSPS) is 34.7. The number of hydrogen-bond donors (Lipinski definition) is 2. The van der Waals surface area contributed by atoms with Crippen LogP contribution in [-0.2, 0) is 9.47 Å². The Morgan fingerprint density at radius 3 is 2.58 bits per heavy atom. The average Bonchev–Trinajstić information content (AvgIpc) is 3.40. The minimum atomic E-state index is 0.375. The Morgan fingerprint density at radius 2 is 1.88 bits per heavy atom. The van der Waals surface area contributed by atoms with E-state index in [0.717, 1.165) is 32.1 Å². The van der Waals surface area contributed by atoms with Crippen LogP contribution in [0.15, 0.2) is 4.99 Å². The third-order valence-corrected chi connectivity index (χ3v) is 7.93. The number of nitrogens with zero attached hydrogens (tertiary/aromatic N) is 1. The largest absolute Gasteiger partial charge is 0.385 e. The molecule has 1 aliphatic heterocycles. The number of rotatable bonds is 6. The summed E-state index contributed by atoms with van der Waals surface area (Å²) in [5.74, 6) is 1.68. The lowest BCUT2D eigenvalue weighted by atomic mass is 9.54. The molecule has 0 amide bonds. The second-order valence-electron chi connectivity index (χ2n) is 9.18. The Balaban J connectivity index is 1.37. The van der Waals surface area contributed by atoms with E-state index in [0.29, 0.717) is 28.9 Å². The van der Waals surface area contributed by atoms with Gasteiger partial charge in [-0.2, -0.15) is 0 Å². The van der Waals surface area contributed by atoms with Crippen molar-refractivity contribution in [3.05, 3.63) is 0 Å². The molecule has 4 rings (SSSR count). The highest BCUT2D eigenvalue weighted by Gasteiger charge is 2.65. The Kier molecular flexibility index (Phi) is 5.47. The van der Waals surface area contributed by atoms with Crippen LogP contribution < -0.4 is 10.6 Å². The minimum Gasteiger partial charge on any atom is -0.385 e. The van der Waals surface area contributed by atoms with Crippen molar-refractivity contribution in [1.29, 1.82) is 0 Å². The Bertz CT molecular complexity index is 509. The van der Waals surface area contributed by atoms with Gasteiger partial charge in [-0.3, -0.25) is 4.99 Å². The first-order valence-corrected chi connectivity index (χ1v) is 10.8. The van der Waals surface area contributed by atoms with Crippen molar-refractivity contribution in [1.82, 2.24) is 10.6 Å². The zero-order valence-corrected chi connectivity index (χ0v) is 16.7. The Hall–Kier alpha value is -0.810. The van der Waals surface area contributed by atoms with Gasteiger partial charge in [-0.15, -0.1) is 0 Å². The van der Waals surface area contributed by atoms with Crippen molar-refractivity contribution in [3.63, 3.8) is 0 Å². The highest BCUT2D eigenvalue weighted by Crippen LogP contribution is 2.60. The molecule has 1 saturated heterocycles. The van der Waals surface area contributed by atoms with Gasteiger partial charge in [0.15, 0.2) is 5.96 Å². The van der Waals surface area contributed by atoms with Gasteiger partial charge in [0.05, 0.1) is 6.10 Å². The molecule has 3 aliphatic carbocycles. The molecule has 0 aromatic heterocycles. The molecule has 5 heteroatoms. The Labute approximate surface area is 158 Å². The molecule has 2 N–H and O–H groups in total. The fourth-order valence-corrected chi connectivity index (χ4v) is 6.48. The molecule has 0 aromatic carbocycles. The molecular formula is C21H37N3O2. The van der Waals surface area contributed by atoms with Gasteiger partial charge in [-0.05, 0) is 43.9 Å². The second-order valence-corrected chi connectivity index (χ2v) is 9.18. The molecule has 4 fully saturated rings. The van der Waals surface area contributed by atoms with Gasteiger partial charge in [0.1, 0.15) is 0 Å². The molecule has 0 bridgehead atoms.